The lowest BCUT2D eigenvalue weighted by atomic mass is 9.93. The molecule has 106 valence electrons. The number of nitrogens with one attached hydrogen (secondary N) is 2. The molecule has 0 radical (unpaired) electrons. The van der Waals surface area contributed by atoms with E-state index in [2.05, 4.69) is 10.6 Å². The maximum absolute atomic E-state index is 12.3. The van der Waals surface area contributed by atoms with Gasteiger partial charge in [-0.3, -0.25) is 4.79 Å². The van der Waals surface area contributed by atoms with Gasteiger partial charge in [-0.15, -0.1) is 0 Å². The van der Waals surface area contributed by atoms with Crippen LogP contribution in [0.15, 0.2) is 24.3 Å². The van der Waals surface area contributed by atoms with Gasteiger partial charge in [0.1, 0.15) is 0 Å². The summed E-state index contributed by atoms with van der Waals surface area (Å²) in [4.78, 5) is 23.7. The van der Waals surface area contributed by atoms with Gasteiger partial charge in [0, 0.05) is 24.1 Å². The maximum atomic E-state index is 12.3. The van der Waals surface area contributed by atoms with Gasteiger partial charge in [-0.25, -0.2) is 4.79 Å². The number of Topliss-reactive ketones (excluding diaryl/α,β-unsaturated/α-hetero) is 1. The number of hydrogen-bond acceptors (Lipinski definition) is 3. The highest BCUT2D eigenvalue weighted by atomic mass is 16.2. The van der Waals surface area contributed by atoms with Crippen molar-refractivity contribution in [1.29, 1.82) is 5.26 Å². The number of nitriles is 1. The molecule has 2 unspecified atom stereocenters. The van der Waals surface area contributed by atoms with Crippen molar-refractivity contribution in [2.45, 2.75) is 26.8 Å². The summed E-state index contributed by atoms with van der Waals surface area (Å²) in [7, 11) is 0. The smallest absolute Gasteiger partial charge is 0.315 e. The molecule has 0 aliphatic carbocycles. The Morgan fingerprint density at radius 3 is 2.35 bits per heavy atom. The van der Waals surface area contributed by atoms with Crippen molar-refractivity contribution < 1.29 is 9.59 Å². The van der Waals surface area contributed by atoms with Crippen LogP contribution in [0.5, 0.6) is 0 Å². The van der Waals surface area contributed by atoms with Crippen LogP contribution in [-0.2, 0) is 0 Å². The summed E-state index contributed by atoms with van der Waals surface area (Å²) in [5, 5.41) is 14.1. The molecule has 0 saturated heterocycles. The zero-order valence-corrected chi connectivity index (χ0v) is 11.9. The summed E-state index contributed by atoms with van der Waals surface area (Å²) in [6.45, 7) is 5.94. The zero-order valence-electron chi connectivity index (χ0n) is 11.9. The number of urea groups is 1. The number of benzene rings is 1. The zero-order chi connectivity index (χ0) is 15.1. The molecular weight excluding hydrogens is 254 g/mol. The predicted octanol–water partition coefficient (Wildman–Crippen LogP) is 2.08. The second-order valence-corrected chi connectivity index (χ2v) is 4.63. The molecule has 0 saturated carbocycles. The maximum Gasteiger partial charge on any atom is 0.315 e. The first-order valence-corrected chi connectivity index (χ1v) is 6.58. The molecule has 0 bridgehead atoms. The van der Waals surface area contributed by atoms with E-state index in [4.69, 9.17) is 5.26 Å². The van der Waals surface area contributed by atoms with Crippen molar-refractivity contribution in [1.82, 2.24) is 10.6 Å². The standard InChI is InChI=1S/C15H19N3O2/c1-4-17-15(20)18-11(3)10(2)14(19)13-7-5-12(9-16)6-8-13/h5-8,10-11H,4H2,1-3H3,(H2,17,18,20). The molecule has 2 atom stereocenters. The Kier molecular flexibility index (Phi) is 5.73. The number of carbonyl (C=O) groups excluding carboxylic acids is 2. The fraction of sp³-hybridized carbons (Fsp3) is 0.400. The molecular formula is C15H19N3O2. The molecule has 2 N–H and O–H groups in total. The third-order valence-corrected chi connectivity index (χ3v) is 3.16. The second kappa shape index (κ2) is 7.29. The van der Waals surface area contributed by atoms with Crippen LogP contribution in [0.1, 0.15) is 36.7 Å². The van der Waals surface area contributed by atoms with E-state index in [1.807, 2.05) is 13.0 Å². The SMILES string of the molecule is CCNC(=O)NC(C)C(C)C(=O)c1ccc(C#N)cc1. The van der Waals surface area contributed by atoms with Gasteiger partial charge in [0.15, 0.2) is 5.78 Å². The van der Waals surface area contributed by atoms with E-state index in [9.17, 15) is 9.59 Å². The van der Waals surface area contributed by atoms with Gasteiger partial charge in [-0.1, -0.05) is 19.1 Å². The Balaban J connectivity index is 2.70. The van der Waals surface area contributed by atoms with Crippen molar-refractivity contribution in [2.24, 2.45) is 5.92 Å². The number of ketones is 1. The third-order valence-electron chi connectivity index (χ3n) is 3.16. The van der Waals surface area contributed by atoms with Gasteiger partial charge in [0.25, 0.3) is 0 Å². The van der Waals surface area contributed by atoms with Crippen LogP contribution in [-0.4, -0.2) is 24.4 Å². The largest absolute Gasteiger partial charge is 0.338 e. The monoisotopic (exact) mass is 273 g/mol. The second-order valence-electron chi connectivity index (χ2n) is 4.63. The summed E-state index contributed by atoms with van der Waals surface area (Å²) in [6.07, 6.45) is 0. The molecule has 0 heterocycles. The molecule has 1 aromatic rings. The fourth-order valence-electron chi connectivity index (χ4n) is 1.74. The van der Waals surface area contributed by atoms with Crippen LogP contribution in [0.3, 0.4) is 0 Å². The van der Waals surface area contributed by atoms with Gasteiger partial charge in [-0.05, 0) is 26.0 Å². The van der Waals surface area contributed by atoms with E-state index in [0.717, 1.165) is 0 Å². The van der Waals surface area contributed by atoms with E-state index in [0.29, 0.717) is 17.7 Å². The number of amides is 2. The lowest BCUT2D eigenvalue weighted by molar-refractivity contribution is 0.0910. The van der Waals surface area contributed by atoms with Crippen molar-refractivity contribution in [3.05, 3.63) is 35.4 Å². The van der Waals surface area contributed by atoms with Gasteiger partial charge >= 0.3 is 6.03 Å². The molecule has 0 fully saturated rings. The Hall–Kier alpha value is -2.35. The number of carbonyl (C=O) groups is 2. The quantitative estimate of drug-likeness (QED) is 0.806. The first-order valence-electron chi connectivity index (χ1n) is 6.58. The highest BCUT2D eigenvalue weighted by Crippen LogP contribution is 2.13. The molecule has 1 aromatic carbocycles. The number of hydrogen-bond donors (Lipinski definition) is 2. The normalized spacial score (nSPS) is 12.9. The van der Waals surface area contributed by atoms with Crippen LogP contribution in [0.25, 0.3) is 0 Å². The molecule has 0 aliphatic heterocycles. The minimum atomic E-state index is -0.342. The average molecular weight is 273 g/mol. The van der Waals surface area contributed by atoms with Crippen LogP contribution < -0.4 is 10.6 Å². The molecule has 5 heteroatoms. The van der Waals surface area contributed by atoms with Crippen molar-refractivity contribution in [3.63, 3.8) is 0 Å². The molecule has 2 amide bonds. The highest BCUT2D eigenvalue weighted by molar-refractivity contribution is 5.98. The van der Waals surface area contributed by atoms with Gasteiger partial charge < -0.3 is 10.6 Å². The fourth-order valence-corrected chi connectivity index (χ4v) is 1.74. The van der Waals surface area contributed by atoms with Crippen LogP contribution >= 0.6 is 0 Å². The van der Waals surface area contributed by atoms with E-state index in [1.165, 1.54) is 0 Å². The first-order chi connectivity index (χ1) is 9.49. The molecule has 5 nitrogen and oxygen atoms in total. The number of nitrogens with zero attached hydrogens (tertiary/aromatic N) is 1. The predicted molar refractivity (Wildman–Crippen MR) is 76.3 cm³/mol. The van der Waals surface area contributed by atoms with E-state index < -0.39 is 0 Å². The first kappa shape index (κ1) is 15.7. The van der Waals surface area contributed by atoms with Crippen LogP contribution in [0, 0.1) is 17.2 Å². The Labute approximate surface area is 119 Å². The lowest BCUT2D eigenvalue weighted by Gasteiger charge is -2.20. The summed E-state index contributed by atoms with van der Waals surface area (Å²) in [5.41, 5.74) is 1.06. The Morgan fingerprint density at radius 1 is 1.25 bits per heavy atom. The lowest BCUT2D eigenvalue weighted by Crippen LogP contribution is -2.45. The molecule has 20 heavy (non-hydrogen) atoms. The van der Waals surface area contributed by atoms with E-state index in [1.54, 1.807) is 38.1 Å². The highest BCUT2D eigenvalue weighted by Gasteiger charge is 2.22. The van der Waals surface area contributed by atoms with Gasteiger partial charge in [0.2, 0.25) is 0 Å². The van der Waals surface area contributed by atoms with Crippen molar-refractivity contribution in [3.8, 4) is 6.07 Å². The summed E-state index contributed by atoms with van der Waals surface area (Å²) in [5.74, 6) is -0.399. The summed E-state index contributed by atoms with van der Waals surface area (Å²) >= 11 is 0. The van der Waals surface area contributed by atoms with Crippen molar-refractivity contribution in [2.75, 3.05) is 6.54 Å². The molecule has 0 aromatic heterocycles. The van der Waals surface area contributed by atoms with Gasteiger partial charge in [-0.2, -0.15) is 5.26 Å². The van der Waals surface area contributed by atoms with E-state index in [-0.39, 0.29) is 23.8 Å². The Morgan fingerprint density at radius 2 is 1.85 bits per heavy atom. The van der Waals surface area contributed by atoms with Crippen LogP contribution in [0.2, 0.25) is 0 Å². The average Bonchev–Trinajstić information content (AvgIpc) is 2.46. The minimum Gasteiger partial charge on any atom is -0.338 e. The third kappa shape index (κ3) is 4.09. The molecule has 0 spiro atoms. The summed E-state index contributed by atoms with van der Waals surface area (Å²) in [6, 6.07) is 7.95. The number of rotatable bonds is 5. The van der Waals surface area contributed by atoms with E-state index >= 15 is 0 Å². The minimum absolute atomic E-state index is 0.0567. The topological polar surface area (TPSA) is 82.0 Å². The van der Waals surface area contributed by atoms with Gasteiger partial charge in [0.05, 0.1) is 11.6 Å². The Bertz CT molecular complexity index is 517. The van der Waals surface area contributed by atoms with Crippen LogP contribution in [0.4, 0.5) is 4.79 Å². The molecule has 0 aliphatic rings. The summed E-state index contributed by atoms with van der Waals surface area (Å²) < 4.78 is 0. The molecule has 1 rings (SSSR count). The van der Waals surface area contributed by atoms with Crippen molar-refractivity contribution >= 4 is 11.8 Å².